The molecule has 2 atom stereocenters. The number of hydrogen-bond acceptors (Lipinski definition) is 1. The van der Waals surface area contributed by atoms with Crippen LogP contribution in [0.15, 0.2) is 0 Å². The van der Waals surface area contributed by atoms with E-state index in [9.17, 15) is 4.79 Å². The Hall–Kier alpha value is -0.730. The Bertz CT molecular complexity index is 342. The van der Waals surface area contributed by atoms with Gasteiger partial charge in [0.25, 0.3) is 0 Å². The summed E-state index contributed by atoms with van der Waals surface area (Å²) in [6.45, 7) is 0. The summed E-state index contributed by atoms with van der Waals surface area (Å²) in [4.78, 5) is 11.8. The molecule has 2 unspecified atom stereocenters. The molecule has 2 amide bonds. The van der Waals surface area contributed by atoms with E-state index in [4.69, 9.17) is 0 Å². The van der Waals surface area contributed by atoms with Crippen LogP contribution >= 0.6 is 0 Å². The number of urea groups is 1. The number of amides is 2. The second kappa shape index (κ2) is 2.74. The average molecular weight is 220 g/mol. The number of hydrogen-bond donors (Lipinski definition) is 2. The Morgan fingerprint density at radius 3 is 1.88 bits per heavy atom. The van der Waals surface area contributed by atoms with Crippen molar-refractivity contribution in [3.8, 4) is 0 Å². The SMILES string of the molecule is O=C(NC1CC12CCCC2)NC1CC12CC2. The zero-order chi connectivity index (χ0) is 10.8. The number of nitrogens with one attached hydrogen (secondary N) is 2. The van der Waals surface area contributed by atoms with Crippen molar-refractivity contribution >= 4 is 6.03 Å². The van der Waals surface area contributed by atoms with Gasteiger partial charge in [-0.3, -0.25) is 0 Å². The van der Waals surface area contributed by atoms with Gasteiger partial charge in [0.15, 0.2) is 0 Å². The van der Waals surface area contributed by atoms with Crippen LogP contribution in [0.5, 0.6) is 0 Å². The molecule has 4 aliphatic rings. The number of rotatable bonds is 2. The van der Waals surface area contributed by atoms with Crippen molar-refractivity contribution in [3.63, 3.8) is 0 Å². The van der Waals surface area contributed by atoms with E-state index in [0.717, 1.165) is 0 Å². The zero-order valence-electron chi connectivity index (χ0n) is 9.72. The average Bonchev–Trinajstić information content (AvgIpc) is 3.15. The van der Waals surface area contributed by atoms with E-state index in [1.165, 1.54) is 51.4 Å². The lowest BCUT2D eigenvalue weighted by Gasteiger charge is -2.10. The van der Waals surface area contributed by atoms with Crippen LogP contribution in [0.25, 0.3) is 0 Å². The van der Waals surface area contributed by atoms with Crippen LogP contribution in [0.2, 0.25) is 0 Å². The molecule has 3 nitrogen and oxygen atoms in total. The molecular weight excluding hydrogens is 200 g/mol. The third-order valence-corrected chi connectivity index (χ3v) is 5.48. The maximum Gasteiger partial charge on any atom is 0.315 e. The van der Waals surface area contributed by atoms with Crippen molar-refractivity contribution in [2.45, 2.75) is 63.5 Å². The summed E-state index contributed by atoms with van der Waals surface area (Å²) in [5.41, 5.74) is 1.10. The van der Waals surface area contributed by atoms with Gasteiger partial charge in [0.2, 0.25) is 0 Å². The van der Waals surface area contributed by atoms with E-state index in [2.05, 4.69) is 10.6 Å². The summed E-state index contributed by atoms with van der Waals surface area (Å²) in [5, 5.41) is 6.31. The van der Waals surface area contributed by atoms with Crippen molar-refractivity contribution in [1.82, 2.24) is 10.6 Å². The molecule has 0 bridgehead atoms. The minimum Gasteiger partial charge on any atom is -0.335 e. The number of carbonyl (C=O) groups is 1. The molecule has 3 heteroatoms. The Kier molecular flexibility index (Phi) is 1.60. The molecule has 16 heavy (non-hydrogen) atoms. The molecule has 88 valence electrons. The molecular formula is C13H20N2O. The Morgan fingerprint density at radius 2 is 1.38 bits per heavy atom. The smallest absolute Gasteiger partial charge is 0.315 e. The van der Waals surface area contributed by atoms with Crippen molar-refractivity contribution in [2.24, 2.45) is 10.8 Å². The molecule has 4 saturated carbocycles. The maximum atomic E-state index is 11.8. The zero-order valence-corrected chi connectivity index (χ0v) is 9.72. The first-order chi connectivity index (χ1) is 7.73. The van der Waals surface area contributed by atoms with Gasteiger partial charge in [-0.05, 0) is 49.4 Å². The molecule has 0 aromatic rings. The summed E-state index contributed by atoms with van der Waals surface area (Å²) < 4.78 is 0. The standard InChI is InChI=1S/C13H20N2O/c16-11(15-10-8-13(10)5-6-13)14-9-7-12(9)3-1-2-4-12/h9-10H,1-8H2,(H2,14,15,16). The summed E-state index contributed by atoms with van der Waals surface area (Å²) in [7, 11) is 0. The first-order valence-corrected chi connectivity index (χ1v) is 6.80. The van der Waals surface area contributed by atoms with Crippen molar-refractivity contribution in [2.75, 3.05) is 0 Å². The van der Waals surface area contributed by atoms with Crippen molar-refractivity contribution < 1.29 is 4.79 Å². The first kappa shape index (κ1) is 9.32. The van der Waals surface area contributed by atoms with Gasteiger partial charge in [-0.2, -0.15) is 0 Å². The van der Waals surface area contributed by atoms with E-state index in [1.807, 2.05) is 0 Å². The highest BCUT2D eigenvalue weighted by molar-refractivity contribution is 5.76. The minimum absolute atomic E-state index is 0.0996. The lowest BCUT2D eigenvalue weighted by atomic mass is 10.1. The van der Waals surface area contributed by atoms with E-state index >= 15 is 0 Å². The third-order valence-electron chi connectivity index (χ3n) is 5.48. The van der Waals surface area contributed by atoms with Crippen LogP contribution in [0.1, 0.15) is 51.4 Å². The van der Waals surface area contributed by atoms with Gasteiger partial charge >= 0.3 is 6.03 Å². The van der Waals surface area contributed by atoms with Crippen LogP contribution < -0.4 is 10.6 Å². The normalized spacial score (nSPS) is 39.8. The fourth-order valence-electron chi connectivity index (χ4n) is 3.81. The lowest BCUT2D eigenvalue weighted by molar-refractivity contribution is 0.237. The Labute approximate surface area is 96.4 Å². The summed E-state index contributed by atoms with van der Waals surface area (Å²) in [5.74, 6) is 0. The minimum atomic E-state index is 0.0996. The van der Waals surface area contributed by atoms with Gasteiger partial charge in [-0.25, -0.2) is 4.79 Å². The van der Waals surface area contributed by atoms with Gasteiger partial charge in [-0.1, -0.05) is 12.8 Å². The van der Waals surface area contributed by atoms with Gasteiger partial charge in [0.1, 0.15) is 0 Å². The number of carbonyl (C=O) groups excluding carboxylic acids is 1. The Balaban J connectivity index is 1.27. The van der Waals surface area contributed by atoms with Crippen LogP contribution in [-0.2, 0) is 0 Å². The third kappa shape index (κ3) is 1.30. The van der Waals surface area contributed by atoms with Gasteiger partial charge in [0.05, 0.1) is 0 Å². The fourth-order valence-corrected chi connectivity index (χ4v) is 3.81. The molecule has 4 fully saturated rings. The first-order valence-electron chi connectivity index (χ1n) is 6.80. The molecule has 0 aromatic carbocycles. The molecule has 4 rings (SSSR count). The molecule has 4 aliphatic carbocycles. The largest absolute Gasteiger partial charge is 0.335 e. The topological polar surface area (TPSA) is 41.1 Å². The molecule has 0 heterocycles. The summed E-state index contributed by atoms with van der Waals surface area (Å²) >= 11 is 0. The highest BCUT2D eigenvalue weighted by Crippen LogP contribution is 2.66. The molecule has 2 spiro atoms. The molecule has 0 saturated heterocycles. The van der Waals surface area contributed by atoms with E-state index in [-0.39, 0.29) is 6.03 Å². The highest BCUT2D eigenvalue weighted by Gasteiger charge is 2.63. The van der Waals surface area contributed by atoms with E-state index in [1.54, 1.807) is 0 Å². The van der Waals surface area contributed by atoms with Gasteiger partial charge < -0.3 is 10.6 Å². The monoisotopic (exact) mass is 220 g/mol. The molecule has 2 N–H and O–H groups in total. The molecule has 0 aromatic heterocycles. The van der Waals surface area contributed by atoms with E-state index in [0.29, 0.717) is 22.9 Å². The second-order valence-electron chi connectivity index (χ2n) is 6.56. The maximum absolute atomic E-state index is 11.8. The fraction of sp³-hybridized carbons (Fsp3) is 0.923. The van der Waals surface area contributed by atoms with Crippen LogP contribution in [0.4, 0.5) is 4.79 Å². The van der Waals surface area contributed by atoms with E-state index < -0.39 is 0 Å². The highest BCUT2D eigenvalue weighted by atomic mass is 16.2. The van der Waals surface area contributed by atoms with Crippen LogP contribution in [0, 0.1) is 10.8 Å². The van der Waals surface area contributed by atoms with Crippen molar-refractivity contribution in [1.29, 1.82) is 0 Å². The molecule has 0 aliphatic heterocycles. The van der Waals surface area contributed by atoms with Gasteiger partial charge in [-0.15, -0.1) is 0 Å². The quantitative estimate of drug-likeness (QED) is 0.735. The predicted octanol–water partition coefficient (Wildman–Crippen LogP) is 2.17. The summed E-state index contributed by atoms with van der Waals surface area (Å²) in [6, 6.07) is 1.09. The predicted molar refractivity (Wildman–Crippen MR) is 61.0 cm³/mol. The lowest BCUT2D eigenvalue weighted by Crippen LogP contribution is -2.40. The van der Waals surface area contributed by atoms with Gasteiger partial charge in [0, 0.05) is 12.1 Å². The van der Waals surface area contributed by atoms with Crippen LogP contribution in [0.3, 0.4) is 0 Å². The van der Waals surface area contributed by atoms with Crippen LogP contribution in [-0.4, -0.2) is 18.1 Å². The van der Waals surface area contributed by atoms with Crippen molar-refractivity contribution in [3.05, 3.63) is 0 Å². The molecule has 0 radical (unpaired) electrons. The second-order valence-corrected chi connectivity index (χ2v) is 6.56. The summed E-state index contributed by atoms with van der Waals surface area (Å²) in [6.07, 6.45) is 10.6. The Morgan fingerprint density at radius 1 is 0.875 bits per heavy atom.